The van der Waals surface area contributed by atoms with E-state index >= 15 is 0 Å². The number of aryl methyl sites for hydroxylation is 1. The highest BCUT2D eigenvalue weighted by Crippen LogP contribution is 2.33. The zero-order chi connectivity index (χ0) is 26.5. The van der Waals surface area contributed by atoms with E-state index in [-0.39, 0.29) is 30.7 Å². The first-order chi connectivity index (χ1) is 18.4. The van der Waals surface area contributed by atoms with Crippen LogP contribution in [0.4, 0.5) is 0 Å². The normalized spacial score (nSPS) is 15.3. The fourth-order valence-electron chi connectivity index (χ4n) is 4.77. The largest absolute Gasteiger partial charge is 0.454 e. The van der Waals surface area contributed by atoms with Crippen molar-refractivity contribution in [2.45, 2.75) is 37.8 Å². The van der Waals surface area contributed by atoms with Gasteiger partial charge in [-0.05, 0) is 79.7 Å². The molecule has 0 N–H and O–H groups in total. The van der Waals surface area contributed by atoms with Gasteiger partial charge in [-0.1, -0.05) is 24.3 Å². The number of carbonyl (C=O) groups is 1. The molecule has 0 bridgehead atoms. The zero-order valence-electron chi connectivity index (χ0n) is 21.5. The molecule has 1 saturated heterocycles. The topological polar surface area (TPSA) is 79.4 Å². The number of rotatable bonds is 11. The van der Waals surface area contributed by atoms with Gasteiger partial charge in [-0.15, -0.1) is 11.3 Å². The summed E-state index contributed by atoms with van der Waals surface area (Å²) in [6.45, 7) is 5.50. The van der Waals surface area contributed by atoms with Crippen LogP contribution in [0.2, 0.25) is 0 Å². The molecule has 8 nitrogen and oxygen atoms in total. The summed E-state index contributed by atoms with van der Waals surface area (Å²) in [7, 11) is -3.85. The standard InChI is InChI=1S/C28H33N3O5S2/c1-22-11-16-37-27(22)19-30(18-23-9-10-25-26(17-23)36-21-35-25)28(32)20-31(15-14-29-12-5-6-13-29)38(33,34)24-7-3-2-4-8-24/h2-4,7-11,16-17H,5-6,12-15,18-21H2,1H3. The van der Waals surface area contributed by atoms with Crippen LogP contribution in [0.25, 0.3) is 0 Å². The Bertz CT molecular complexity index is 1350. The summed E-state index contributed by atoms with van der Waals surface area (Å²) in [5, 5.41) is 2.01. The highest BCUT2D eigenvalue weighted by molar-refractivity contribution is 7.89. The van der Waals surface area contributed by atoms with Crippen LogP contribution in [0.5, 0.6) is 11.5 Å². The van der Waals surface area contributed by atoms with Crippen molar-refractivity contribution in [2.75, 3.05) is 39.5 Å². The second-order valence-corrected chi connectivity index (χ2v) is 12.6. The number of amides is 1. The molecule has 3 aromatic rings. The SMILES string of the molecule is Cc1ccsc1CN(Cc1ccc2c(c1)OCO2)C(=O)CN(CCN1CCCC1)S(=O)(=O)c1ccccc1. The van der Waals surface area contributed by atoms with Crippen molar-refractivity contribution in [3.8, 4) is 11.5 Å². The Morgan fingerprint density at radius 1 is 1.00 bits per heavy atom. The van der Waals surface area contributed by atoms with Crippen molar-refractivity contribution in [2.24, 2.45) is 0 Å². The lowest BCUT2D eigenvalue weighted by molar-refractivity contribution is -0.132. The average molecular weight is 556 g/mol. The van der Waals surface area contributed by atoms with Crippen molar-refractivity contribution < 1.29 is 22.7 Å². The predicted molar refractivity (Wildman–Crippen MR) is 147 cm³/mol. The predicted octanol–water partition coefficient (Wildman–Crippen LogP) is 4.10. The number of fused-ring (bicyclic) bond motifs is 1. The van der Waals surface area contributed by atoms with Gasteiger partial charge >= 0.3 is 0 Å². The summed E-state index contributed by atoms with van der Waals surface area (Å²) in [6, 6.07) is 16.1. The number of benzene rings is 2. The van der Waals surface area contributed by atoms with Gasteiger partial charge in [-0.3, -0.25) is 4.79 Å². The van der Waals surface area contributed by atoms with Gasteiger partial charge in [0, 0.05) is 24.5 Å². The summed E-state index contributed by atoms with van der Waals surface area (Å²) >= 11 is 1.60. The van der Waals surface area contributed by atoms with E-state index in [2.05, 4.69) is 4.90 Å². The molecule has 2 aliphatic rings. The number of hydrogen-bond donors (Lipinski definition) is 0. The van der Waals surface area contributed by atoms with Gasteiger partial charge in [0.2, 0.25) is 22.7 Å². The molecule has 0 aliphatic carbocycles. The number of likely N-dealkylation sites (tertiary alicyclic amines) is 1. The number of thiophene rings is 1. The molecule has 3 heterocycles. The first kappa shape index (κ1) is 26.7. The maximum absolute atomic E-state index is 13.9. The monoisotopic (exact) mass is 555 g/mol. The zero-order valence-corrected chi connectivity index (χ0v) is 23.2. The van der Waals surface area contributed by atoms with Gasteiger partial charge in [0.1, 0.15) is 0 Å². The smallest absolute Gasteiger partial charge is 0.243 e. The molecule has 202 valence electrons. The summed E-state index contributed by atoms with van der Waals surface area (Å²) in [4.78, 5) is 19.1. The number of hydrogen-bond acceptors (Lipinski definition) is 7. The van der Waals surface area contributed by atoms with Crippen molar-refractivity contribution in [3.05, 3.63) is 76.0 Å². The minimum Gasteiger partial charge on any atom is -0.454 e. The molecule has 0 spiro atoms. The van der Waals surface area contributed by atoms with Crippen LogP contribution < -0.4 is 9.47 Å². The lowest BCUT2D eigenvalue weighted by atomic mass is 10.1. The Morgan fingerprint density at radius 3 is 2.50 bits per heavy atom. The summed E-state index contributed by atoms with van der Waals surface area (Å²) in [6.07, 6.45) is 2.24. The summed E-state index contributed by atoms with van der Waals surface area (Å²) in [5.41, 5.74) is 2.01. The summed E-state index contributed by atoms with van der Waals surface area (Å²) < 4.78 is 39.6. The Morgan fingerprint density at radius 2 is 1.76 bits per heavy atom. The minimum atomic E-state index is -3.85. The van der Waals surface area contributed by atoms with Crippen LogP contribution in [-0.4, -0.2) is 67.9 Å². The Hall–Kier alpha value is -2.92. The second kappa shape index (κ2) is 11.9. The number of ether oxygens (including phenoxy) is 2. The van der Waals surface area contributed by atoms with Crippen LogP contribution in [0.1, 0.15) is 28.8 Å². The third-order valence-electron chi connectivity index (χ3n) is 7.02. The molecular weight excluding hydrogens is 522 g/mol. The third kappa shape index (κ3) is 6.20. The molecule has 10 heteroatoms. The molecule has 0 radical (unpaired) electrons. The highest BCUT2D eigenvalue weighted by atomic mass is 32.2. The molecule has 5 rings (SSSR count). The first-order valence-corrected chi connectivity index (χ1v) is 15.2. The van der Waals surface area contributed by atoms with E-state index in [0.717, 1.165) is 41.9 Å². The lowest BCUT2D eigenvalue weighted by Gasteiger charge is -2.28. The van der Waals surface area contributed by atoms with E-state index in [9.17, 15) is 13.2 Å². The molecule has 0 unspecified atom stereocenters. The van der Waals surface area contributed by atoms with E-state index in [1.54, 1.807) is 46.6 Å². The highest BCUT2D eigenvalue weighted by Gasteiger charge is 2.30. The van der Waals surface area contributed by atoms with Crippen LogP contribution in [0, 0.1) is 6.92 Å². The Kier molecular flexibility index (Phi) is 8.32. The van der Waals surface area contributed by atoms with Gasteiger partial charge < -0.3 is 19.3 Å². The minimum absolute atomic E-state index is 0.180. The van der Waals surface area contributed by atoms with E-state index in [4.69, 9.17) is 9.47 Å². The third-order valence-corrected chi connectivity index (χ3v) is 9.89. The van der Waals surface area contributed by atoms with E-state index in [1.807, 2.05) is 36.6 Å². The Labute approximate surface area is 228 Å². The first-order valence-electron chi connectivity index (χ1n) is 12.9. The van der Waals surface area contributed by atoms with Crippen LogP contribution in [0.15, 0.2) is 64.9 Å². The van der Waals surface area contributed by atoms with Crippen LogP contribution >= 0.6 is 11.3 Å². The van der Waals surface area contributed by atoms with Gasteiger partial charge in [0.05, 0.1) is 18.0 Å². The van der Waals surface area contributed by atoms with Crippen LogP contribution in [-0.2, 0) is 27.9 Å². The molecule has 1 aromatic heterocycles. The van der Waals surface area contributed by atoms with Crippen LogP contribution in [0.3, 0.4) is 0 Å². The van der Waals surface area contributed by atoms with Crippen molar-refractivity contribution >= 4 is 27.3 Å². The van der Waals surface area contributed by atoms with Gasteiger partial charge in [-0.2, -0.15) is 4.31 Å². The number of sulfonamides is 1. The molecular formula is C28H33N3O5S2. The van der Waals surface area contributed by atoms with E-state index < -0.39 is 10.0 Å². The number of carbonyl (C=O) groups excluding carboxylic acids is 1. The van der Waals surface area contributed by atoms with Gasteiger partial charge in [0.15, 0.2) is 11.5 Å². The molecule has 2 aliphatic heterocycles. The van der Waals surface area contributed by atoms with Crippen molar-refractivity contribution in [3.63, 3.8) is 0 Å². The molecule has 1 amide bonds. The molecule has 2 aromatic carbocycles. The van der Waals surface area contributed by atoms with Gasteiger partial charge in [0.25, 0.3) is 0 Å². The second-order valence-electron chi connectivity index (χ2n) is 9.66. The maximum Gasteiger partial charge on any atom is 0.243 e. The van der Waals surface area contributed by atoms with Crippen molar-refractivity contribution in [1.82, 2.24) is 14.1 Å². The molecule has 38 heavy (non-hydrogen) atoms. The molecule has 1 fully saturated rings. The van der Waals surface area contributed by atoms with E-state index in [0.29, 0.717) is 31.1 Å². The van der Waals surface area contributed by atoms with Crippen molar-refractivity contribution in [1.29, 1.82) is 0 Å². The fraction of sp³-hybridized carbons (Fsp3) is 0.393. The maximum atomic E-state index is 13.9. The fourth-order valence-corrected chi connectivity index (χ4v) is 7.09. The quantitative estimate of drug-likeness (QED) is 0.355. The average Bonchev–Trinajstić information content (AvgIpc) is 3.69. The molecule has 0 saturated carbocycles. The van der Waals surface area contributed by atoms with E-state index in [1.165, 1.54) is 4.31 Å². The summed E-state index contributed by atoms with van der Waals surface area (Å²) in [5.74, 6) is 1.10. The Balaban J connectivity index is 1.39. The molecule has 0 atom stereocenters. The van der Waals surface area contributed by atoms with Gasteiger partial charge in [-0.25, -0.2) is 8.42 Å². The number of nitrogens with zero attached hydrogens (tertiary/aromatic N) is 3. The lowest BCUT2D eigenvalue weighted by Crippen LogP contribution is -2.45.